The lowest BCUT2D eigenvalue weighted by Gasteiger charge is -2.02. The third kappa shape index (κ3) is 1.52. The van der Waals surface area contributed by atoms with E-state index in [1.165, 1.54) is 0 Å². The molecule has 84 valence electrons. The molecule has 0 unspecified atom stereocenters. The molecular formula is C12H10N4O. The molecule has 0 aliphatic heterocycles. The van der Waals surface area contributed by atoms with Gasteiger partial charge in [-0.15, -0.1) is 10.2 Å². The fraction of sp³-hybridized carbons (Fsp3) is 0.0833. The lowest BCUT2D eigenvalue weighted by molar-refractivity contribution is 0.417. The lowest BCUT2D eigenvalue weighted by Crippen LogP contribution is -1.92. The highest BCUT2D eigenvalue weighted by molar-refractivity contribution is 5.62. The van der Waals surface area contributed by atoms with E-state index in [2.05, 4.69) is 15.2 Å². The Hall–Kier alpha value is -2.43. The Labute approximate surface area is 97.7 Å². The minimum Gasteiger partial charge on any atom is -0.493 e. The summed E-state index contributed by atoms with van der Waals surface area (Å²) >= 11 is 0. The minimum absolute atomic E-state index is 0.703. The number of ether oxygens (including phenoxy) is 1. The van der Waals surface area contributed by atoms with E-state index in [0.717, 1.165) is 11.4 Å². The molecule has 0 fully saturated rings. The van der Waals surface area contributed by atoms with E-state index >= 15 is 0 Å². The fourth-order valence-electron chi connectivity index (χ4n) is 1.74. The van der Waals surface area contributed by atoms with Crippen molar-refractivity contribution in [2.24, 2.45) is 0 Å². The predicted molar refractivity (Wildman–Crippen MR) is 62.8 cm³/mol. The second-order valence-corrected chi connectivity index (χ2v) is 3.54. The van der Waals surface area contributed by atoms with Gasteiger partial charge in [0.05, 0.1) is 7.11 Å². The second kappa shape index (κ2) is 3.86. The summed E-state index contributed by atoms with van der Waals surface area (Å²) in [5.41, 5.74) is 1.63. The summed E-state index contributed by atoms with van der Waals surface area (Å²) in [5.74, 6) is 1.46. The van der Waals surface area contributed by atoms with Gasteiger partial charge >= 0.3 is 0 Å². The standard InChI is InChI=1S/C12H10N4O/c1-17-10-5-3-7-16-11(14-15-12(10)16)9-4-2-6-13-8-9/h2-8H,1H3. The summed E-state index contributed by atoms with van der Waals surface area (Å²) in [4.78, 5) is 4.08. The SMILES string of the molecule is COc1cccn2c(-c3cccnc3)nnc12. The molecule has 0 saturated heterocycles. The van der Waals surface area contributed by atoms with Crippen molar-refractivity contribution in [3.63, 3.8) is 0 Å². The van der Waals surface area contributed by atoms with Gasteiger partial charge in [-0.1, -0.05) is 0 Å². The molecule has 0 saturated carbocycles. The Morgan fingerprint density at radius 2 is 2.12 bits per heavy atom. The predicted octanol–water partition coefficient (Wildman–Crippen LogP) is 1.80. The first-order chi connectivity index (χ1) is 8.40. The van der Waals surface area contributed by atoms with Gasteiger partial charge in [0.15, 0.2) is 11.6 Å². The quantitative estimate of drug-likeness (QED) is 0.668. The molecule has 3 aromatic rings. The van der Waals surface area contributed by atoms with Crippen LogP contribution in [0.1, 0.15) is 0 Å². The van der Waals surface area contributed by atoms with E-state index in [1.54, 1.807) is 19.5 Å². The van der Waals surface area contributed by atoms with Gasteiger partial charge in [0, 0.05) is 24.2 Å². The Morgan fingerprint density at radius 3 is 2.88 bits per heavy atom. The molecule has 0 amide bonds. The fourth-order valence-corrected chi connectivity index (χ4v) is 1.74. The molecule has 17 heavy (non-hydrogen) atoms. The molecule has 3 rings (SSSR count). The van der Waals surface area contributed by atoms with Crippen LogP contribution < -0.4 is 4.74 Å². The molecule has 5 heteroatoms. The number of fused-ring (bicyclic) bond motifs is 1. The van der Waals surface area contributed by atoms with Crippen molar-refractivity contribution in [2.45, 2.75) is 0 Å². The average Bonchev–Trinajstić information content (AvgIpc) is 2.83. The van der Waals surface area contributed by atoms with Gasteiger partial charge in [-0.25, -0.2) is 0 Å². The Kier molecular flexibility index (Phi) is 2.22. The molecule has 3 aromatic heterocycles. The highest BCUT2D eigenvalue weighted by Gasteiger charge is 2.10. The summed E-state index contributed by atoms with van der Waals surface area (Å²) in [6.07, 6.45) is 5.39. The van der Waals surface area contributed by atoms with Gasteiger partial charge < -0.3 is 4.74 Å². The number of methoxy groups -OCH3 is 1. The maximum atomic E-state index is 5.24. The molecule has 0 N–H and O–H groups in total. The van der Waals surface area contributed by atoms with E-state index in [1.807, 2.05) is 34.9 Å². The summed E-state index contributed by atoms with van der Waals surface area (Å²) in [7, 11) is 1.62. The van der Waals surface area contributed by atoms with Crippen molar-refractivity contribution in [1.29, 1.82) is 0 Å². The average molecular weight is 226 g/mol. The Bertz CT molecular complexity index is 648. The van der Waals surface area contributed by atoms with Gasteiger partial charge in [0.2, 0.25) is 5.65 Å². The lowest BCUT2D eigenvalue weighted by atomic mass is 10.3. The zero-order valence-corrected chi connectivity index (χ0v) is 9.24. The zero-order chi connectivity index (χ0) is 11.7. The highest BCUT2D eigenvalue weighted by Crippen LogP contribution is 2.22. The van der Waals surface area contributed by atoms with Gasteiger partial charge in [-0.05, 0) is 24.3 Å². The number of nitrogens with zero attached hydrogens (tertiary/aromatic N) is 4. The van der Waals surface area contributed by atoms with E-state index in [-0.39, 0.29) is 0 Å². The van der Waals surface area contributed by atoms with Gasteiger partial charge in [0.25, 0.3) is 0 Å². The van der Waals surface area contributed by atoms with Crippen LogP contribution in [0.4, 0.5) is 0 Å². The Balaban J connectivity index is 2.26. The normalized spacial score (nSPS) is 10.6. The number of pyridine rings is 2. The largest absolute Gasteiger partial charge is 0.493 e. The molecule has 0 aliphatic rings. The van der Waals surface area contributed by atoms with Crippen LogP contribution in [0.3, 0.4) is 0 Å². The van der Waals surface area contributed by atoms with E-state index in [4.69, 9.17) is 4.74 Å². The first kappa shape index (κ1) is 9.77. The van der Waals surface area contributed by atoms with Gasteiger partial charge in [-0.3, -0.25) is 9.38 Å². The molecule has 3 heterocycles. The number of hydrogen-bond donors (Lipinski definition) is 0. The molecule has 0 atom stereocenters. The molecule has 0 aromatic carbocycles. The van der Waals surface area contributed by atoms with Crippen molar-refractivity contribution in [3.8, 4) is 17.1 Å². The number of aromatic nitrogens is 4. The van der Waals surface area contributed by atoms with Crippen molar-refractivity contribution < 1.29 is 4.74 Å². The smallest absolute Gasteiger partial charge is 0.203 e. The van der Waals surface area contributed by atoms with Crippen LogP contribution in [-0.4, -0.2) is 26.7 Å². The highest BCUT2D eigenvalue weighted by atomic mass is 16.5. The third-order valence-corrected chi connectivity index (χ3v) is 2.54. The van der Waals surface area contributed by atoms with Gasteiger partial charge in [-0.2, -0.15) is 0 Å². The Morgan fingerprint density at radius 1 is 1.18 bits per heavy atom. The first-order valence-electron chi connectivity index (χ1n) is 5.18. The molecule has 5 nitrogen and oxygen atoms in total. The van der Waals surface area contributed by atoms with E-state index in [0.29, 0.717) is 11.4 Å². The maximum absolute atomic E-state index is 5.24. The molecule has 0 aliphatic carbocycles. The van der Waals surface area contributed by atoms with Crippen LogP contribution in [0, 0.1) is 0 Å². The monoisotopic (exact) mass is 226 g/mol. The minimum atomic E-state index is 0.703. The molecule has 0 radical (unpaired) electrons. The third-order valence-electron chi connectivity index (χ3n) is 2.54. The van der Waals surface area contributed by atoms with Crippen molar-refractivity contribution in [2.75, 3.05) is 7.11 Å². The summed E-state index contributed by atoms with van der Waals surface area (Å²) in [5, 5.41) is 8.29. The van der Waals surface area contributed by atoms with Gasteiger partial charge in [0.1, 0.15) is 0 Å². The van der Waals surface area contributed by atoms with Crippen LogP contribution in [0.25, 0.3) is 17.0 Å². The van der Waals surface area contributed by atoms with Crippen molar-refractivity contribution in [3.05, 3.63) is 42.9 Å². The zero-order valence-electron chi connectivity index (χ0n) is 9.24. The molecule has 0 spiro atoms. The number of hydrogen-bond acceptors (Lipinski definition) is 4. The van der Waals surface area contributed by atoms with Crippen LogP contribution in [0.15, 0.2) is 42.9 Å². The van der Waals surface area contributed by atoms with Crippen LogP contribution in [-0.2, 0) is 0 Å². The first-order valence-corrected chi connectivity index (χ1v) is 5.18. The van der Waals surface area contributed by atoms with Crippen molar-refractivity contribution in [1.82, 2.24) is 19.6 Å². The summed E-state index contributed by atoms with van der Waals surface area (Å²) < 4.78 is 7.12. The van der Waals surface area contributed by atoms with Crippen LogP contribution >= 0.6 is 0 Å². The topological polar surface area (TPSA) is 52.3 Å². The molecule has 0 bridgehead atoms. The van der Waals surface area contributed by atoms with Crippen molar-refractivity contribution >= 4 is 5.65 Å². The van der Waals surface area contributed by atoms with Crippen LogP contribution in [0.2, 0.25) is 0 Å². The maximum Gasteiger partial charge on any atom is 0.203 e. The number of rotatable bonds is 2. The van der Waals surface area contributed by atoms with E-state index < -0.39 is 0 Å². The van der Waals surface area contributed by atoms with Crippen LogP contribution in [0.5, 0.6) is 5.75 Å². The summed E-state index contributed by atoms with van der Waals surface area (Å²) in [6, 6.07) is 7.58. The second-order valence-electron chi connectivity index (χ2n) is 3.54. The summed E-state index contributed by atoms with van der Waals surface area (Å²) in [6.45, 7) is 0. The molecular weight excluding hydrogens is 216 g/mol. The van der Waals surface area contributed by atoms with E-state index in [9.17, 15) is 0 Å².